The molecule has 4 aromatic rings. The maximum absolute atomic E-state index is 12.5. The average molecular weight is 580 g/mol. The number of carboxylic acid groups (broad SMARTS) is 2. The van der Waals surface area contributed by atoms with Gasteiger partial charge < -0.3 is 41.3 Å². The molecule has 0 spiro atoms. The van der Waals surface area contributed by atoms with E-state index in [2.05, 4.69) is 5.32 Å². The molecular formula is C28H29N5O7S. The summed E-state index contributed by atoms with van der Waals surface area (Å²) in [6.07, 6.45) is 6.33. The molecule has 6 N–H and O–H groups in total. The Labute approximate surface area is 239 Å². The highest BCUT2D eigenvalue weighted by Gasteiger charge is 2.21. The van der Waals surface area contributed by atoms with Gasteiger partial charge in [0, 0.05) is 16.6 Å². The van der Waals surface area contributed by atoms with Gasteiger partial charge in [0.15, 0.2) is 12.6 Å². The van der Waals surface area contributed by atoms with Gasteiger partial charge in [-0.2, -0.15) is 0 Å². The fraction of sp³-hybridized carbons (Fsp3) is 0.143. The van der Waals surface area contributed by atoms with E-state index in [0.717, 1.165) is 4.88 Å². The van der Waals surface area contributed by atoms with Crippen LogP contribution in [0, 0.1) is 0 Å². The van der Waals surface area contributed by atoms with Crippen molar-refractivity contribution < 1.29 is 38.6 Å². The predicted molar refractivity (Wildman–Crippen MR) is 151 cm³/mol. The lowest BCUT2D eigenvalue weighted by molar-refractivity contribution is -0.683. The lowest BCUT2D eigenvalue weighted by Gasteiger charge is -2.18. The van der Waals surface area contributed by atoms with Crippen LogP contribution >= 0.6 is 11.3 Å². The minimum atomic E-state index is -1.51. The zero-order chi connectivity index (χ0) is 29.8. The molecule has 0 saturated heterocycles. The summed E-state index contributed by atoms with van der Waals surface area (Å²) in [5.74, 6) is -1.75. The average Bonchev–Trinajstić information content (AvgIpc) is 3.62. The number of carbonyl (C=O) groups excluding carboxylic acids is 2. The summed E-state index contributed by atoms with van der Waals surface area (Å²) in [7, 11) is 1.57. The summed E-state index contributed by atoms with van der Waals surface area (Å²) in [5, 5.41) is 22.1. The van der Waals surface area contributed by atoms with Gasteiger partial charge in [-0.25, -0.2) is 13.9 Å². The number of thiophene rings is 1. The van der Waals surface area contributed by atoms with Gasteiger partial charge >= 0.3 is 5.97 Å². The molecule has 4 rings (SSSR count). The third-order valence-electron chi connectivity index (χ3n) is 5.36. The van der Waals surface area contributed by atoms with Crippen molar-refractivity contribution in [2.45, 2.75) is 19.2 Å². The number of carbonyl (C=O) groups is 3. The summed E-state index contributed by atoms with van der Waals surface area (Å²) < 4.78 is 15.3. The van der Waals surface area contributed by atoms with E-state index in [1.807, 2.05) is 57.5 Å². The van der Waals surface area contributed by atoms with Crippen LogP contribution in [0.1, 0.15) is 11.0 Å². The Morgan fingerprint density at radius 3 is 2.54 bits per heavy atom. The standard InChI is InChI=1S/C24H25N5O3S.C4H4O4/c1-31-21-6-3-2-5-19(21)27-24(30)15-29-11-10-28(16-29)14-22(23-7-4-12-33-23)32-20-9-8-17(25)13-18(20)26;5-3(6)1-2-4(7)8/h2-13,16,22H,14-15,25-26H2,1H3;1-2H,(H,5,6)(H,7,8). The number of aromatic nitrogens is 2. The number of para-hydroxylation sites is 2. The Morgan fingerprint density at radius 1 is 1.12 bits per heavy atom. The fourth-order valence-corrected chi connectivity index (χ4v) is 4.31. The summed E-state index contributed by atoms with van der Waals surface area (Å²) in [6.45, 7) is 0.714. The molecule has 0 bridgehead atoms. The number of nitrogens with zero attached hydrogens (tertiary/aromatic N) is 2. The molecule has 214 valence electrons. The molecule has 0 aliphatic heterocycles. The van der Waals surface area contributed by atoms with Gasteiger partial charge in [0.25, 0.3) is 5.91 Å². The van der Waals surface area contributed by atoms with E-state index >= 15 is 0 Å². The lowest BCUT2D eigenvalue weighted by Crippen LogP contribution is -2.38. The number of nitrogens with one attached hydrogen (secondary N) is 1. The number of aliphatic carboxylic acids is 2. The summed E-state index contributed by atoms with van der Waals surface area (Å²) >= 11 is 1.61. The molecule has 0 aliphatic rings. The molecule has 13 heteroatoms. The second kappa shape index (κ2) is 14.7. The Morgan fingerprint density at radius 2 is 1.90 bits per heavy atom. The van der Waals surface area contributed by atoms with Gasteiger partial charge in [-0.15, -0.1) is 11.3 Å². The summed E-state index contributed by atoms with van der Waals surface area (Å²) in [5.41, 5.74) is 13.6. The number of hydrogen-bond donors (Lipinski definition) is 4. The molecule has 0 fully saturated rings. The van der Waals surface area contributed by atoms with Crippen molar-refractivity contribution >= 4 is 46.2 Å². The van der Waals surface area contributed by atoms with Crippen molar-refractivity contribution in [1.82, 2.24) is 4.57 Å². The first-order valence-corrected chi connectivity index (χ1v) is 13.0. The van der Waals surface area contributed by atoms with E-state index in [1.165, 1.54) is 0 Å². The number of carboxylic acids is 2. The molecule has 0 saturated carbocycles. The molecule has 1 unspecified atom stereocenters. The Balaban J connectivity index is 0.000000507. The van der Waals surface area contributed by atoms with Gasteiger partial charge in [0.2, 0.25) is 6.33 Å². The Bertz CT molecular complexity index is 1490. The molecule has 2 aromatic carbocycles. The highest BCUT2D eigenvalue weighted by Crippen LogP contribution is 2.31. The molecule has 41 heavy (non-hydrogen) atoms. The van der Waals surface area contributed by atoms with Crippen molar-refractivity contribution in [2.75, 3.05) is 23.9 Å². The van der Waals surface area contributed by atoms with Crippen molar-refractivity contribution in [2.24, 2.45) is 0 Å². The van der Waals surface area contributed by atoms with Crippen LogP contribution in [0.2, 0.25) is 0 Å². The highest BCUT2D eigenvalue weighted by atomic mass is 32.1. The first kappa shape index (κ1) is 30.2. The molecular weight excluding hydrogens is 550 g/mol. The molecule has 2 aromatic heterocycles. The highest BCUT2D eigenvalue weighted by molar-refractivity contribution is 7.10. The van der Waals surface area contributed by atoms with Gasteiger partial charge in [-0.05, 0) is 47.9 Å². The van der Waals surface area contributed by atoms with Crippen molar-refractivity contribution in [3.8, 4) is 11.5 Å². The van der Waals surface area contributed by atoms with Gasteiger partial charge in [0.05, 0.1) is 24.5 Å². The van der Waals surface area contributed by atoms with E-state index in [1.54, 1.807) is 48.8 Å². The molecule has 1 atom stereocenters. The van der Waals surface area contributed by atoms with Crippen LogP contribution in [-0.4, -0.2) is 34.6 Å². The maximum atomic E-state index is 12.5. The van der Waals surface area contributed by atoms with Gasteiger partial charge in [0.1, 0.15) is 30.4 Å². The number of nitrogen functional groups attached to an aromatic ring is 2. The first-order valence-electron chi connectivity index (χ1n) is 12.1. The number of hydrogen-bond acceptors (Lipinski definition) is 9. The van der Waals surface area contributed by atoms with Crippen LogP contribution in [-0.2, 0) is 27.5 Å². The van der Waals surface area contributed by atoms with Crippen LogP contribution in [0.5, 0.6) is 11.5 Å². The number of amides is 1. The van der Waals surface area contributed by atoms with Crippen LogP contribution in [0.3, 0.4) is 0 Å². The zero-order valence-electron chi connectivity index (χ0n) is 22.0. The van der Waals surface area contributed by atoms with Crippen molar-refractivity contribution in [3.63, 3.8) is 0 Å². The first-order chi connectivity index (χ1) is 19.6. The Hall–Kier alpha value is -5.30. The van der Waals surface area contributed by atoms with E-state index in [4.69, 9.17) is 26.0 Å². The van der Waals surface area contributed by atoms with E-state index < -0.39 is 11.9 Å². The van der Waals surface area contributed by atoms with Crippen molar-refractivity contribution in [1.29, 1.82) is 0 Å². The third-order valence-corrected chi connectivity index (χ3v) is 6.32. The topological polar surface area (TPSA) is 186 Å². The monoisotopic (exact) mass is 579 g/mol. The Kier molecular flexibility index (Phi) is 10.9. The normalized spacial score (nSPS) is 11.2. The number of nitrogens with two attached hydrogens (primary N) is 2. The minimum absolute atomic E-state index is 0.150. The predicted octanol–water partition coefficient (Wildman–Crippen LogP) is 1.85. The van der Waals surface area contributed by atoms with Crippen LogP contribution in [0.4, 0.5) is 17.1 Å². The molecule has 12 nitrogen and oxygen atoms in total. The fourth-order valence-electron chi connectivity index (χ4n) is 3.56. The number of imidazole rings is 1. The summed E-state index contributed by atoms with van der Waals surface area (Å²) in [6, 6.07) is 16.6. The molecule has 2 heterocycles. The largest absolute Gasteiger partial charge is 0.545 e. The SMILES string of the molecule is COc1ccccc1NC(=O)C[n+]1ccn(CC(Oc2ccc(N)cc2N)c2cccs2)c1.O=C([O-])C=CC(=O)O. The summed E-state index contributed by atoms with van der Waals surface area (Å²) in [4.78, 5) is 32.6. The van der Waals surface area contributed by atoms with E-state index in [9.17, 15) is 19.5 Å². The number of rotatable bonds is 11. The van der Waals surface area contributed by atoms with Gasteiger partial charge in [-0.3, -0.25) is 4.79 Å². The van der Waals surface area contributed by atoms with E-state index in [-0.39, 0.29) is 18.6 Å². The van der Waals surface area contributed by atoms with Crippen molar-refractivity contribution in [3.05, 3.63) is 95.7 Å². The molecule has 1 amide bonds. The second-order valence-electron chi connectivity index (χ2n) is 8.44. The number of methoxy groups -OCH3 is 1. The maximum Gasteiger partial charge on any atom is 0.328 e. The van der Waals surface area contributed by atoms with Crippen LogP contribution in [0.25, 0.3) is 0 Å². The van der Waals surface area contributed by atoms with Crippen LogP contribution < -0.4 is 35.9 Å². The number of benzene rings is 2. The number of anilines is 3. The molecule has 0 aliphatic carbocycles. The number of ether oxygens (including phenoxy) is 2. The minimum Gasteiger partial charge on any atom is -0.545 e. The van der Waals surface area contributed by atoms with E-state index in [0.29, 0.717) is 47.3 Å². The zero-order valence-corrected chi connectivity index (χ0v) is 22.8. The van der Waals surface area contributed by atoms with Crippen LogP contribution in [0.15, 0.2) is 90.9 Å². The lowest BCUT2D eigenvalue weighted by atomic mass is 10.2. The quantitative estimate of drug-likeness (QED) is 0.117. The second-order valence-corrected chi connectivity index (χ2v) is 9.42. The van der Waals surface area contributed by atoms with Gasteiger partial charge in [-0.1, -0.05) is 18.2 Å². The molecule has 0 radical (unpaired) electrons. The third kappa shape index (κ3) is 9.75. The smallest absolute Gasteiger partial charge is 0.328 e.